The molecule has 35 heavy (non-hydrogen) atoms. The Morgan fingerprint density at radius 2 is 1.51 bits per heavy atom. The number of nitrogens with one attached hydrogen (secondary N) is 2. The van der Waals surface area contributed by atoms with Crippen LogP contribution < -0.4 is 10.9 Å². The zero-order valence-corrected chi connectivity index (χ0v) is 18.8. The van der Waals surface area contributed by atoms with Crippen LogP contribution in [0.25, 0.3) is 22.6 Å². The molecule has 3 aromatic heterocycles. The van der Waals surface area contributed by atoms with Gasteiger partial charge in [0.25, 0.3) is 0 Å². The maximum atomic E-state index is 11.2. The van der Waals surface area contributed by atoms with Gasteiger partial charge in [0.05, 0.1) is 18.0 Å². The maximum Gasteiger partial charge on any atom is 0.231 e. The molecule has 9 heteroatoms. The second kappa shape index (κ2) is 9.84. The molecule has 2 aromatic carbocycles. The van der Waals surface area contributed by atoms with Crippen molar-refractivity contribution < 1.29 is 9.52 Å². The van der Waals surface area contributed by atoms with Crippen molar-refractivity contribution in [2.45, 2.75) is 6.92 Å². The second-order valence-corrected chi connectivity index (χ2v) is 7.56. The average Bonchev–Trinajstić information content (AvgIpc) is 3.33. The van der Waals surface area contributed by atoms with E-state index in [0.717, 1.165) is 11.1 Å². The van der Waals surface area contributed by atoms with E-state index in [-0.39, 0.29) is 5.75 Å². The molecule has 3 N–H and O–H groups in total. The van der Waals surface area contributed by atoms with Gasteiger partial charge in [0.15, 0.2) is 5.58 Å². The summed E-state index contributed by atoms with van der Waals surface area (Å²) in [6.45, 7) is 1.87. The largest absolute Gasteiger partial charge is 0.506 e. The molecule has 0 radical (unpaired) electrons. The van der Waals surface area contributed by atoms with Gasteiger partial charge in [0.1, 0.15) is 22.9 Å². The van der Waals surface area contributed by atoms with E-state index in [2.05, 4.69) is 36.0 Å². The van der Waals surface area contributed by atoms with Crippen molar-refractivity contribution in [1.82, 2.24) is 15.0 Å². The highest BCUT2D eigenvalue weighted by molar-refractivity contribution is 5.96. The fraction of sp³-hybridized carbons (Fsp3) is 0.0385. The van der Waals surface area contributed by atoms with Crippen molar-refractivity contribution in [3.63, 3.8) is 0 Å². The molecule has 0 saturated carbocycles. The number of para-hydroxylation sites is 2. The van der Waals surface area contributed by atoms with Gasteiger partial charge >= 0.3 is 0 Å². The first kappa shape index (κ1) is 21.8. The highest BCUT2D eigenvalue weighted by atomic mass is 16.3. The number of hydrazone groups is 2. The number of benzene rings is 2. The van der Waals surface area contributed by atoms with Crippen molar-refractivity contribution in [3.8, 4) is 17.2 Å². The van der Waals surface area contributed by atoms with E-state index in [1.54, 1.807) is 30.7 Å². The molecule has 0 fully saturated rings. The van der Waals surface area contributed by atoms with Crippen molar-refractivity contribution in [2.75, 3.05) is 10.9 Å². The molecule has 9 nitrogen and oxygen atoms in total. The van der Waals surface area contributed by atoms with Crippen LogP contribution in [0, 0.1) is 6.92 Å². The summed E-state index contributed by atoms with van der Waals surface area (Å²) in [4.78, 5) is 12.9. The molecule has 172 valence electrons. The fourth-order valence-corrected chi connectivity index (χ4v) is 3.44. The summed E-state index contributed by atoms with van der Waals surface area (Å²) in [5, 5.41) is 19.7. The van der Waals surface area contributed by atoms with Crippen LogP contribution in [0.3, 0.4) is 0 Å². The molecule has 0 amide bonds. The van der Waals surface area contributed by atoms with Gasteiger partial charge in [-0.1, -0.05) is 24.3 Å². The van der Waals surface area contributed by atoms with Crippen molar-refractivity contribution >= 4 is 35.2 Å². The van der Waals surface area contributed by atoms with E-state index in [1.807, 2.05) is 61.5 Å². The molecule has 0 aliphatic heterocycles. The smallest absolute Gasteiger partial charge is 0.231 e. The number of hydrogen-bond donors (Lipinski definition) is 3. The Hall–Kier alpha value is -5.05. The standard InChI is InChI=1S/C26H21N7O2/c1-17-18(15-29-32-23-10-4-6-12-27-23)14-19(26-31-21-8-2-3-9-22(21)35-26)25(34)20(17)16-30-33-24-11-5-7-13-28-24/h2-16,34H,1H3,(H,27,32)(H,28,33)/b29-15+,30-16+. The molecule has 5 aromatic rings. The summed E-state index contributed by atoms with van der Waals surface area (Å²) in [5.41, 5.74) is 9.51. The Balaban J connectivity index is 1.54. The predicted octanol–water partition coefficient (Wildman–Crippen LogP) is 5.19. The molecule has 0 aliphatic rings. The van der Waals surface area contributed by atoms with Crippen LogP contribution in [0.2, 0.25) is 0 Å². The molecule has 0 atom stereocenters. The van der Waals surface area contributed by atoms with E-state index < -0.39 is 0 Å². The van der Waals surface area contributed by atoms with Gasteiger partial charge in [0.2, 0.25) is 5.89 Å². The van der Waals surface area contributed by atoms with Crippen LogP contribution >= 0.6 is 0 Å². The van der Waals surface area contributed by atoms with Gasteiger partial charge in [-0.2, -0.15) is 10.2 Å². The molecule has 0 spiro atoms. The molecule has 0 bridgehead atoms. The first-order chi connectivity index (χ1) is 17.2. The molecule has 0 aliphatic carbocycles. The summed E-state index contributed by atoms with van der Waals surface area (Å²) < 4.78 is 5.92. The molecule has 0 saturated heterocycles. The fourth-order valence-electron chi connectivity index (χ4n) is 3.44. The number of nitrogens with zero attached hydrogens (tertiary/aromatic N) is 5. The highest BCUT2D eigenvalue weighted by Crippen LogP contribution is 2.36. The number of oxazole rings is 1. The SMILES string of the molecule is Cc1c(/C=N/Nc2ccccn2)cc(-c2nc3ccccc3o2)c(O)c1/C=N/Nc1ccccn1. The average molecular weight is 464 g/mol. The van der Waals surface area contributed by atoms with E-state index >= 15 is 0 Å². The highest BCUT2D eigenvalue weighted by Gasteiger charge is 2.19. The quantitative estimate of drug-likeness (QED) is 0.224. The van der Waals surface area contributed by atoms with Gasteiger partial charge in [0, 0.05) is 18.0 Å². The lowest BCUT2D eigenvalue weighted by atomic mass is 9.98. The summed E-state index contributed by atoms with van der Waals surface area (Å²) in [6.07, 6.45) is 6.53. The third kappa shape index (κ3) is 4.83. The Morgan fingerprint density at radius 3 is 2.17 bits per heavy atom. The molecule has 3 heterocycles. The Morgan fingerprint density at radius 1 is 0.857 bits per heavy atom. The summed E-state index contributed by atoms with van der Waals surface area (Å²) >= 11 is 0. The third-order valence-electron chi connectivity index (χ3n) is 5.26. The second-order valence-electron chi connectivity index (χ2n) is 7.56. The minimum Gasteiger partial charge on any atom is -0.506 e. The minimum absolute atomic E-state index is 0.00420. The van der Waals surface area contributed by atoms with E-state index in [1.165, 1.54) is 6.21 Å². The lowest BCUT2D eigenvalue weighted by Gasteiger charge is -2.11. The predicted molar refractivity (Wildman–Crippen MR) is 137 cm³/mol. The Bertz CT molecular complexity index is 1480. The Kier molecular flexibility index (Phi) is 6.12. The van der Waals surface area contributed by atoms with Crippen LogP contribution in [-0.2, 0) is 0 Å². The van der Waals surface area contributed by atoms with Gasteiger partial charge in [-0.3, -0.25) is 10.9 Å². The topological polar surface area (TPSA) is 121 Å². The van der Waals surface area contributed by atoms with Gasteiger partial charge in [-0.25, -0.2) is 15.0 Å². The minimum atomic E-state index is -0.00420. The van der Waals surface area contributed by atoms with E-state index in [0.29, 0.717) is 39.8 Å². The zero-order chi connectivity index (χ0) is 24.0. The van der Waals surface area contributed by atoms with Crippen LogP contribution in [-0.4, -0.2) is 32.5 Å². The summed E-state index contributed by atoms with van der Waals surface area (Å²) in [7, 11) is 0. The number of fused-ring (bicyclic) bond motifs is 1. The first-order valence-electron chi connectivity index (χ1n) is 10.8. The lowest BCUT2D eigenvalue weighted by Crippen LogP contribution is -2.01. The van der Waals surface area contributed by atoms with Gasteiger partial charge in [-0.05, 0) is 60.5 Å². The normalized spacial score (nSPS) is 11.5. The monoisotopic (exact) mass is 463 g/mol. The summed E-state index contributed by atoms with van der Waals surface area (Å²) in [5.74, 6) is 1.48. The number of hydrogen-bond acceptors (Lipinski definition) is 9. The number of anilines is 2. The van der Waals surface area contributed by atoms with Crippen molar-refractivity contribution in [2.24, 2.45) is 10.2 Å². The van der Waals surface area contributed by atoms with E-state index in [9.17, 15) is 5.11 Å². The maximum absolute atomic E-state index is 11.2. The zero-order valence-electron chi connectivity index (χ0n) is 18.8. The van der Waals surface area contributed by atoms with Crippen LogP contribution in [0.15, 0.2) is 93.7 Å². The number of phenolic OH excluding ortho intramolecular Hbond substituents is 1. The van der Waals surface area contributed by atoms with Crippen LogP contribution in [0.5, 0.6) is 5.75 Å². The van der Waals surface area contributed by atoms with Crippen LogP contribution in [0.1, 0.15) is 16.7 Å². The van der Waals surface area contributed by atoms with Gasteiger partial charge < -0.3 is 9.52 Å². The first-order valence-corrected chi connectivity index (χ1v) is 10.8. The molecular formula is C26H21N7O2. The van der Waals surface area contributed by atoms with Crippen molar-refractivity contribution in [1.29, 1.82) is 0 Å². The van der Waals surface area contributed by atoms with Crippen molar-refractivity contribution in [3.05, 3.63) is 95.8 Å². The lowest BCUT2D eigenvalue weighted by molar-refractivity contribution is 0.472. The number of rotatable bonds is 7. The molecule has 5 rings (SSSR count). The number of aromatic hydroxyl groups is 1. The number of pyridine rings is 2. The number of aromatic nitrogens is 3. The van der Waals surface area contributed by atoms with E-state index in [4.69, 9.17) is 4.42 Å². The number of phenols is 1. The Labute approximate surface area is 200 Å². The summed E-state index contributed by atoms with van der Waals surface area (Å²) in [6, 6.07) is 20.2. The van der Waals surface area contributed by atoms with Gasteiger partial charge in [-0.15, -0.1) is 0 Å². The van der Waals surface area contributed by atoms with Crippen LogP contribution in [0.4, 0.5) is 11.6 Å². The molecule has 0 unspecified atom stereocenters. The molecular weight excluding hydrogens is 442 g/mol. The third-order valence-corrected chi connectivity index (χ3v) is 5.26.